The predicted octanol–water partition coefficient (Wildman–Crippen LogP) is 1.15. The Hall–Kier alpha value is -0.830. The van der Waals surface area contributed by atoms with E-state index in [0.29, 0.717) is 0 Å². The van der Waals surface area contributed by atoms with Gasteiger partial charge in [-0.15, -0.1) is 6.58 Å². The van der Waals surface area contributed by atoms with Gasteiger partial charge < -0.3 is 10.6 Å². The van der Waals surface area contributed by atoms with E-state index in [4.69, 9.17) is 5.73 Å². The van der Waals surface area contributed by atoms with Crippen LogP contribution in [0.5, 0.6) is 0 Å². The van der Waals surface area contributed by atoms with E-state index in [1.165, 1.54) is 0 Å². The summed E-state index contributed by atoms with van der Waals surface area (Å²) in [5, 5.41) is 0. The van der Waals surface area contributed by atoms with Crippen LogP contribution in [-0.2, 0) is 4.79 Å². The smallest absolute Gasteiger partial charge is 0.241 e. The molecule has 0 aliphatic carbocycles. The van der Waals surface area contributed by atoms with Crippen LogP contribution in [0.25, 0.3) is 0 Å². The number of unbranched alkanes of at least 4 members (excludes halogenated alkanes) is 1. The van der Waals surface area contributed by atoms with Gasteiger partial charge in [0.1, 0.15) is 0 Å². The Morgan fingerprint density at radius 1 is 1.62 bits per heavy atom. The lowest BCUT2D eigenvalue weighted by Crippen LogP contribution is -2.49. The van der Waals surface area contributed by atoms with Crippen LogP contribution in [-0.4, -0.2) is 29.9 Å². The normalized spacial score (nSPS) is 11.1. The maximum Gasteiger partial charge on any atom is 0.241 e. The van der Waals surface area contributed by atoms with Crippen LogP contribution >= 0.6 is 0 Å². The number of carbonyl (C=O) groups is 1. The van der Waals surface area contributed by atoms with E-state index in [2.05, 4.69) is 6.58 Å². The van der Waals surface area contributed by atoms with Crippen LogP contribution in [0.2, 0.25) is 0 Å². The van der Waals surface area contributed by atoms with Crippen LogP contribution in [0.4, 0.5) is 0 Å². The molecule has 0 atom stereocenters. The second-order valence-electron chi connectivity index (χ2n) is 3.88. The van der Waals surface area contributed by atoms with Crippen LogP contribution < -0.4 is 5.73 Å². The Balaban J connectivity index is 3.90. The molecule has 0 aromatic heterocycles. The first-order valence-electron chi connectivity index (χ1n) is 4.55. The van der Waals surface area contributed by atoms with E-state index >= 15 is 0 Å². The van der Waals surface area contributed by atoms with Gasteiger partial charge in [0.05, 0.1) is 5.54 Å². The van der Waals surface area contributed by atoms with Crippen molar-refractivity contribution in [3.63, 3.8) is 0 Å². The number of amides is 1. The SMILES string of the molecule is C=CCCCN(C)C(=O)C(C)(C)N. The summed E-state index contributed by atoms with van der Waals surface area (Å²) < 4.78 is 0. The molecule has 0 saturated heterocycles. The first-order valence-corrected chi connectivity index (χ1v) is 4.55. The molecule has 0 aliphatic heterocycles. The highest BCUT2D eigenvalue weighted by Gasteiger charge is 2.24. The fourth-order valence-electron chi connectivity index (χ4n) is 1.07. The summed E-state index contributed by atoms with van der Waals surface area (Å²) in [6.07, 6.45) is 3.73. The zero-order valence-electron chi connectivity index (χ0n) is 8.84. The van der Waals surface area contributed by atoms with Crippen molar-refractivity contribution in [1.82, 2.24) is 4.90 Å². The van der Waals surface area contributed by atoms with E-state index < -0.39 is 5.54 Å². The van der Waals surface area contributed by atoms with Crippen LogP contribution in [0.15, 0.2) is 12.7 Å². The Labute approximate surface area is 80.6 Å². The van der Waals surface area contributed by atoms with Crippen LogP contribution in [0.3, 0.4) is 0 Å². The summed E-state index contributed by atoms with van der Waals surface area (Å²) in [7, 11) is 1.78. The molecule has 3 nitrogen and oxygen atoms in total. The van der Waals surface area contributed by atoms with Gasteiger partial charge >= 0.3 is 0 Å². The predicted molar refractivity (Wildman–Crippen MR) is 55.3 cm³/mol. The molecule has 0 spiro atoms. The number of hydrogen-bond donors (Lipinski definition) is 1. The van der Waals surface area contributed by atoms with Crippen molar-refractivity contribution in [1.29, 1.82) is 0 Å². The number of rotatable bonds is 5. The zero-order valence-corrected chi connectivity index (χ0v) is 8.84. The van der Waals surface area contributed by atoms with Crippen molar-refractivity contribution < 1.29 is 4.79 Å². The first kappa shape index (κ1) is 12.2. The van der Waals surface area contributed by atoms with Gasteiger partial charge in [-0.05, 0) is 26.7 Å². The lowest BCUT2D eigenvalue weighted by molar-refractivity contribution is -0.134. The second kappa shape index (κ2) is 5.02. The molecule has 13 heavy (non-hydrogen) atoms. The van der Waals surface area contributed by atoms with Crippen LogP contribution in [0, 0.1) is 0 Å². The fourth-order valence-corrected chi connectivity index (χ4v) is 1.07. The minimum Gasteiger partial charge on any atom is -0.344 e. The number of nitrogens with zero attached hydrogens (tertiary/aromatic N) is 1. The third kappa shape index (κ3) is 4.68. The van der Waals surface area contributed by atoms with Gasteiger partial charge in [-0.3, -0.25) is 4.79 Å². The summed E-state index contributed by atoms with van der Waals surface area (Å²) in [5.74, 6) is -0.0171. The van der Waals surface area contributed by atoms with Crippen molar-refractivity contribution in [2.75, 3.05) is 13.6 Å². The first-order chi connectivity index (χ1) is 5.89. The molecular weight excluding hydrogens is 164 g/mol. The number of carbonyl (C=O) groups excluding carboxylic acids is 1. The van der Waals surface area contributed by atoms with Crippen molar-refractivity contribution in [3.8, 4) is 0 Å². The van der Waals surface area contributed by atoms with Crippen molar-refractivity contribution in [2.45, 2.75) is 32.2 Å². The topological polar surface area (TPSA) is 46.3 Å². The summed E-state index contributed by atoms with van der Waals surface area (Å²) in [6, 6.07) is 0. The molecule has 0 radical (unpaired) electrons. The Bertz CT molecular complexity index is 182. The summed E-state index contributed by atoms with van der Waals surface area (Å²) in [6.45, 7) is 7.81. The molecule has 0 heterocycles. The largest absolute Gasteiger partial charge is 0.344 e. The maximum absolute atomic E-state index is 11.5. The van der Waals surface area contributed by atoms with Crippen molar-refractivity contribution in [2.24, 2.45) is 5.73 Å². The molecule has 0 aromatic carbocycles. The Morgan fingerprint density at radius 2 is 2.15 bits per heavy atom. The minimum atomic E-state index is -0.761. The Kier molecular flexibility index (Phi) is 4.70. The molecule has 76 valence electrons. The van der Waals surface area contributed by atoms with Gasteiger partial charge in [0, 0.05) is 13.6 Å². The summed E-state index contributed by atoms with van der Waals surface area (Å²) in [4.78, 5) is 13.2. The summed E-state index contributed by atoms with van der Waals surface area (Å²) in [5.41, 5.74) is 4.91. The number of nitrogens with two attached hydrogens (primary N) is 1. The molecule has 0 unspecified atom stereocenters. The van der Waals surface area contributed by atoms with Gasteiger partial charge in [-0.25, -0.2) is 0 Å². The van der Waals surface area contributed by atoms with Crippen molar-refractivity contribution in [3.05, 3.63) is 12.7 Å². The third-order valence-electron chi connectivity index (χ3n) is 1.80. The lowest BCUT2D eigenvalue weighted by atomic mass is 10.1. The van der Waals surface area contributed by atoms with Crippen molar-refractivity contribution >= 4 is 5.91 Å². The fraction of sp³-hybridized carbons (Fsp3) is 0.700. The highest BCUT2D eigenvalue weighted by molar-refractivity contribution is 5.84. The molecule has 0 aromatic rings. The van der Waals surface area contributed by atoms with E-state index in [0.717, 1.165) is 19.4 Å². The molecule has 0 rings (SSSR count). The number of allylic oxidation sites excluding steroid dienone is 1. The molecule has 0 fully saturated rings. The maximum atomic E-state index is 11.5. The average Bonchev–Trinajstić information content (AvgIpc) is 2.01. The van der Waals surface area contributed by atoms with E-state index in [9.17, 15) is 4.79 Å². The highest BCUT2D eigenvalue weighted by Crippen LogP contribution is 2.03. The quantitative estimate of drug-likeness (QED) is 0.514. The highest BCUT2D eigenvalue weighted by atomic mass is 16.2. The molecule has 0 saturated carbocycles. The van der Waals surface area contributed by atoms with E-state index in [1.807, 2.05) is 6.08 Å². The molecule has 0 aliphatic rings. The monoisotopic (exact) mass is 184 g/mol. The van der Waals surface area contributed by atoms with Gasteiger partial charge in [0.2, 0.25) is 5.91 Å². The Morgan fingerprint density at radius 3 is 2.54 bits per heavy atom. The second-order valence-corrected chi connectivity index (χ2v) is 3.88. The zero-order chi connectivity index (χ0) is 10.5. The van der Waals surface area contributed by atoms with Gasteiger partial charge in [0.15, 0.2) is 0 Å². The number of likely N-dealkylation sites (N-methyl/N-ethyl adjacent to an activating group) is 1. The van der Waals surface area contributed by atoms with E-state index in [1.54, 1.807) is 25.8 Å². The molecule has 1 amide bonds. The lowest BCUT2D eigenvalue weighted by Gasteiger charge is -2.25. The van der Waals surface area contributed by atoms with Gasteiger partial charge in [-0.1, -0.05) is 6.08 Å². The molecule has 3 heteroatoms. The number of hydrogen-bond acceptors (Lipinski definition) is 2. The minimum absolute atomic E-state index is 0.0171. The van der Waals surface area contributed by atoms with Crippen LogP contribution in [0.1, 0.15) is 26.7 Å². The summed E-state index contributed by atoms with van der Waals surface area (Å²) >= 11 is 0. The molecule has 2 N–H and O–H groups in total. The van der Waals surface area contributed by atoms with Gasteiger partial charge in [0.25, 0.3) is 0 Å². The van der Waals surface area contributed by atoms with Gasteiger partial charge in [-0.2, -0.15) is 0 Å². The third-order valence-corrected chi connectivity index (χ3v) is 1.80. The molecular formula is C10H20N2O. The standard InChI is InChI=1S/C10H20N2O/c1-5-6-7-8-12(4)9(13)10(2,3)11/h5H,1,6-8,11H2,2-4H3. The van der Waals surface area contributed by atoms with E-state index in [-0.39, 0.29) is 5.91 Å². The molecule has 0 bridgehead atoms. The average molecular weight is 184 g/mol.